The number of nitrogens with one attached hydrogen (secondary N) is 2. The minimum absolute atomic E-state index is 0.115. The van der Waals surface area contributed by atoms with Gasteiger partial charge in [-0.2, -0.15) is 0 Å². The van der Waals surface area contributed by atoms with E-state index >= 15 is 0 Å². The summed E-state index contributed by atoms with van der Waals surface area (Å²) < 4.78 is 25.4. The minimum Gasteiger partial charge on any atom is -0.325 e. The highest BCUT2D eigenvalue weighted by atomic mass is 32.2. The molecule has 0 saturated carbocycles. The third-order valence-electron chi connectivity index (χ3n) is 2.89. The summed E-state index contributed by atoms with van der Waals surface area (Å²) in [6.45, 7) is 2.76. The number of rotatable bonds is 7. The number of anilines is 1. The lowest BCUT2D eigenvalue weighted by molar-refractivity contribution is 0.216. The molecule has 2 amide bonds. The predicted molar refractivity (Wildman–Crippen MR) is 83.0 cm³/mol. The molecule has 0 aliphatic carbocycles. The second kappa shape index (κ2) is 8.23. The fraction of sp³-hybridized carbons (Fsp3) is 0.417. The van der Waals surface area contributed by atoms with Crippen molar-refractivity contribution in [2.75, 3.05) is 32.0 Å². The fourth-order valence-electron chi connectivity index (χ4n) is 1.65. The number of amides is 2. The largest absolute Gasteiger partial charge is 0.325 e. The Hall–Kier alpha value is -2.29. The van der Waals surface area contributed by atoms with E-state index in [1.54, 1.807) is 6.92 Å². The van der Waals surface area contributed by atoms with Crippen LogP contribution in [-0.2, 0) is 10.0 Å². The Morgan fingerprint density at radius 1 is 1.36 bits per heavy atom. The average molecular weight is 326 g/mol. The molecule has 0 atom stereocenters. The Balaban J connectivity index is 2.73. The monoisotopic (exact) mass is 326 g/mol. The summed E-state index contributed by atoms with van der Waals surface area (Å²) >= 11 is 0. The summed E-state index contributed by atoms with van der Waals surface area (Å²) in [6.07, 6.45) is 0. The first-order valence-electron chi connectivity index (χ1n) is 6.55. The van der Waals surface area contributed by atoms with Gasteiger partial charge in [0.2, 0.25) is 10.0 Å². The van der Waals surface area contributed by atoms with Crippen molar-refractivity contribution in [2.45, 2.75) is 11.8 Å². The van der Waals surface area contributed by atoms with Crippen molar-refractivity contribution in [3.05, 3.63) is 34.7 Å². The number of hydrogen-bond donors (Lipinski definition) is 2. The summed E-state index contributed by atoms with van der Waals surface area (Å²) in [5, 5.41) is 6.04. The van der Waals surface area contributed by atoms with Crippen LogP contribution < -0.4 is 10.0 Å². The molecular weight excluding hydrogens is 308 g/mol. The molecule has 1 aromatic carbocycles. The first-order valence-corrected chi connectivity index (χ1v) is 8.03. The van der Waals surface area contributed by atoms with Crippen LogP contribution >= 0.6 is 0 Å². The predicted octanol–water partition coefficient (Wildman–Crippen LogP) is 1.76. The molecule has 0 saturated heterocycles. The van der Waals surface area contributed by atoms with Gasteiger partial charge in [0.15, 0.2) is 0 Å². The second-order valence-electron chi connectivity index (χ2n) is 4.20. The van der Waals surface area contributed by atoms with E-state index in [0.29, 0.717) is 18.8 Å². The first kappa shape index (κ1) is 17.8. The van der Waals surface area contributed by atoms with Gasteiger partial charge in [-0.1, -0.05) is 5.11 Å². The van der Waals surface area contributed by atoms with Gasteiger partial charge in [-0.05, 0) is 43.8 Å². The topological polar surface area (TPSA) is 127 Å². The lowest BCUT2D eigenvalue weighted by Crippen LogP contribution is -2.36. The van der Waals surface area contributed by atoms with Gasteiger partial charge in [0, 0.05) is 30.2 Å². The molecule has 0 spiro atoms. The van der Waals surface area contributed by atoms with Gasteiger partial charge in [0.1, 0.15) is 0 Å². The minimum atomic E-state index is -3.50. The summed E-state index contributed by atoms with van der Waals surface area (Å²) in [7, 11) is -2.17. The van der Waals surface area contributed by atoms with Crippen molar-refractivity contribution in [2.24, 2.45) is 5.11 Å². The van der Waals surface area contributed by atoms with Gasteiger partial charge in [0.05, 0.1) is 4.90 Å². The molecule has 1 aromatic rings. The normalized spacial score (nSPS) is 10.6. The summed E-state index contributed by atoms with van der Waals surface area (Å²) in [4.78, 5) is 16.2. The van der Waals surface area contributed by atoms with Gasteiger partial charge < -0.3 is 10.2 Å². The number of carbonyl (C=O) groups is 1. The van der Waals surface area contributed by atoms with E-state index in [1.165, 1.54) is 36.2 Å². The number of sulfonamides is 1. The van der Waals surface area contributed by atoms with Crippen LogP contribution in [0.15, 0.2) is 34.3 Å². The molecule has 120 valence electrons. The zero-order valence-electron chi connectivity index (χ0n) is 12.4. The zero-order valence-corrected chi connectivity index (χ0v) is 13.2. The van der Waals surface area contributed by atoms with E-state index in [-0.39, 0.29) is 17.5 Å². The van der Waals surface area contributed by atoms with Crippen molar-refractivity contribution in [1.29, 1.82) is 0 Å². The van der Waals surface area contributed by atoms with Gasteiger partial charge >= 0.3 is 6.03 Å². The van der Waals surface area contributed by atoms with Crippen molar-refractivity contribution >= 4 is 21.7 Å². The number of hydrogen-bond acceptors (Lipinski definition) is 4. The third kappa shape index (κ3) is 4.92. The molecule has 0 bridgehead atoms. The summed E-state index contributed by atoms with van der Waals surface area (Å²) in [5.41, 5.74) is 8.70. The molecule has 1 rings (SSSR count). The van der Waals surface area contributed by atoms with Crippen molar-refractivity contribution in [3.63, 3.8) is 0 Å². The Kier molecular flexibility index (Phi) is 6.64. The van der Waals surface area contributed by atoms with Gasteiger partial charge in [-0.25, -0.2) is 17.9 Å². The van der Waals surface area contributed by atoms with Crippen LogP contribution in [-0.4, -0.2) is 46.0 Å². The number of likely N-dealkylation sites (N-methyl/N-ethyl adjacent to an activating group) is 1. The third-order valence-corrected chi connectivity index (χ3v) is 4.32. The second-order valence-corrected chi connectivity index (χ2v) is 6.08. The highest BCUT2D eigenvalue weighted by molar-refractivity contribution is 7.89. The van der Waals surface area contributed by atoms with Crippen LogP contribution in [0.5, 0.6) is 0 Å². The van der Waals surface area contributed by atoms with Crippen LogP contribution in [0.3, 0.4) is 0 Å². The molecule has 22 heavy (non-hydrogen) atoms. The number of azide groups is 1. The van der Waals surface area contributed by atoms with Crippen LogP contribution in [0.1, 0.15) is 6.92 Å². The lowest BCUT2D eigenvalue weighted by atomic mass is 10.3. The van der Waals surface area contributed by atoms with Gasteiger partial charge in [-0.3, -0.25) is 0 Å². The van der Waals surface area contributed by atoms with E-state index in [0.717, 1.165) is 0 Å². The highest BCUT2D eigenvalue weighted by Crippen LogP contribution is 2.14. The Morgan fingerprint density at radius 2 is 2.00 bits per heavy atom. The molecular formula is C12H18N6O3S. The van der Waals surface area contributed by atoms with Crippen molar-refractivity contribution in [1.82, 2.24) is 9.62 Å². The standard InChI is InChI=1S/C12H18N6O3S/c1-3-18(9-8-15-17-13)12(19)16-10-4-6-11(7-5-10)22(20,21)14-2/h4-7,14H,3,8-9H2,1-2H3,(H,16,19). The average Bonchev–Trinajstić information content (AvgIpc) is 2.52. The first-order chi connectivity index (χ1) is 10.4. The van der Waals surface area contributed by atoms with Crippen molar-refractivity contribution in [3.8, 4) is 0 Å². The number of carbonyl (C=O) groups excluding carboxylic acids is 1. The Morgan fingerprint density at radius 3 is 2.50 bits per heavy atom. The maximum atomic E-state index is 12.0. The van der Waals surface area contributed by atoms with E-state index in [4.69, 9.17) is 5.53 Å². The Bertz CT molecular complexity index is 652. The van der Waals surface area contributed by atoms with E-state index in [9.17, 15) is 13.2 Å². The lowest BCUT2D eigenvalue weighted by Gasteiger charge is -2.20. The number of benzene rings is 1. The summed E-state index contributed by atoms with van der Waals surface area (Å²) in [5.74, 6) is 0. The molecule has 0 aliphatic heterocycles. The molecule has 2 N–H and O–H groups in total. The molecule has 10 heteroatoms. The number of urea groups is 1. The molecule has 0 fully saturated rings. The molecule has 0 unspecified atom stereocenters. The van der Waals surface area contributed by atoms with Crippen LogP contribution in [0.2, 0.25) is 0 Å². The molecule has 0 heterocycles. The quantitative estimate of drug-likeness (QED) is 0.450. The smallest absolute Gasteiger partial charge is 0.321 e. The maximum absolute atomic E-state index is 12.0. The van der Waals surface area contributed by atoms with E-state index in [2.05, 4.69) is 20.1 Å². The number of nitrogens with zero attached hydrogens (tertiary/aromatic N) is 4. The van der Waals surface area contributed by atoms with Gasteiger partial charge in [0.25, 0.3) is 0 Å². The van der Waals surface area contributed by atoms with Crippen molar-refractivity contribution < 1.29 is 13.2 Å². The maximum Gasteiger partial charge on any atom is 0.321 e. The van der Waals surface area contributed by atoms with Crippen LogP contribution in [0.4, 0.5) is 10.5 Å². The molecule has 0 aromatic heterocycles. The van der Waals surface area contributed by atoms with E-state index in [1.807, 2.05) is 0 Å². The van der Waals surface area contributed by atoms with Crippen LogP contribution in [0.25, 0.3) is 10.4 Å². The Labute approximate surface area is 129 Å². The van der Waals surface area contributed by atoms with Crippen LogP contribution in [0, 0.1) is 0 Å². The molecule has 9 nitrogen and oxygen atoms in total. The molecule has 0 aliphatic rings. The van der Waals surface area contributed by atoms with Gasteiger partial charge in [-0.15, -0.1) is 0 Å². The highest BCUT2D eigenvalue weighted by Gasteiger charge is 2.13. The zero-order chi connectivity index (χ0) is 16.6. The fourth-order valence-corrected chi connectivity index (χ4v) is 2.38. The SMILES string of the molecule is CCN(CCN=[N+]=[N-])C(=O)Nc1ccc(S(=O)(=O)NC)cc1. The summed E-state index contributed by atoms with van der Waals surface area (Å²) in [6, 6.07) is 5.46. The molecule has 0 radical (unpaired) electrons. The van der Waals surface area contributed by atoms with E-state index < -0.39 is 10.0 Å².